The van der Waals surface area contributed by atoms with Crippen LogP contribution in [0.1, 0.15) is 6.92 Å². The number of benzene rings is 1. The largest absolute Gasteiger partial charge is 0.487 e. The molecule has 0 saturated carbocycles. The summed E-state index contributed by atoms with van der Waals surface area (Å²) in [6.45, 7) is 2.01. The van der Waals surface area contributed by atoms with Gasteiger partial charge in [0.25, 0.3) is 0 Å². The minimum Gasteiger partial charge on any atom is -0.487 e. The molecule has 7 heteroatoms. The van der Waals surface area contributed by atoms with Crippen LogP contribution in [0.2, 0.25) is 0 Å². The van der Waals surface area contributed by atoms with E-state index in [4.69, 9.17) is 4.74 Å². The number of rotatable bonds is 4. The van der Waals surface area contributed by atoms with Gasteiger partial charge < -0.3 is 9.47 Å². The highest BCUT2D eigenvalue weighted by atomic mass is 16.6. The minimum absolute atomic E-state index is 0.103. The lowest BCUT2D eigenvalue weighted by atomic mass is 10.2. The Kier molecular flexibility index (Phi) is 4.27. The first-order chi connectivity index (χ1) is 8.08. The summed E-state index contributed by atoms with van der Waals surface area (Å²) in [5.41, 5.74) is 0.216. The monoisotopic (exact) mass is 240 g/mol. The Bertz CT molecular complexity index is 433. The third-order valence-corrected chi connectivity index (χ3v) is 1.89. The second-order valence-electron chi connectivity index (χ2n) is 2.99. The maximum absolute atomic E-state index is 11.0. The number of hydrogen-bond donors (Lipinski definition) is 1. The van der Waals surface area contributed by atoms with Crippen LogP contribution in [-0.2, 0) is 4.74 Å². The third kappa shape index (κ3) is 3.33. The molecular weight excluding hydrogens is 228 g/mol. The Labute approximate surface area is 97.5 Å². The van der Waals surface area contributed by atoms with Crippen molar-refractivity contribution in [3.05, 3.63) is 28.3 Å². The first kappa shape index (κ1) is 12.8. The number of anilines is 1. The van der Waals surface area contributed by atoms with E-state index in [1.807, 2.05) is 0 Å². The van der Waals surface area contributed by atoms with Crippen LogP contribution in [0.15, 0.2) is 18.2 Å². The first-order valence-corrected chi connectivity index (χ1v) is 4.84. The molecule has 1 N–H and O–H groups in total. The maximum Gasteiger partial charge on any atom is 0.411 e. The van der Waals surface area contributed by atoms with Crippen molar-refractivity contribution in [2.75, 3.05) is 19.0 Å². The number of carbonyl (C=O) groups is 1. The van der Waals surface area contributed by atoms with Gasteiger partial charge in [0.15, 0.2) is 5.75 Å². The van der Waals surface area contributed by atoms with Crippen LogP contribution < -0.4 is 10.1 Å². The standard InChI is InChI=1S/C10H12N2O5/c1-3-17-9-6-7(11-10(13)16-2)4-5-8(9)12(14)15/h4-6H,3H2,1-2H3,(H,11,13). The van der Waals surface area contributed by atoms with Gasteiger partial charge in [-0.2, -0.15) is 0 Å². The molecule has 1 rings (SSSR count). The zero-order valence-corrected chi connectivity index (χ0v) is 9.43. The summed E-state index contributed by atoms with van der Waals surface area (Å²) >= 11 is 0. The Morgan fingerprint density at radius 3 is 2.76 bits per heavy atom. The molecule has 7 nitrogen and oxygen atoms in total. The van der Waals surface area contributed by atoms with Crippen molar-refractivity contribution in [3.8, 4) is 5.75 Å². The van der Waals surface area contributed by atoms with Crippen LogP contribution in [0.3, 0.4) is 0 Å². The molecule has 0 aliphatic heterocycles. The molecule has 0 aliphatic carbocycles. The van der Waals surface area contributed by atoms with Crippen LogP contribution in [0.25, 0.3) is 0 Å². The Balaban J connectivity index is 3.00. The molecule has 17 heavy (non-hydrogen) atoms. The summed E-state index contributed by atoms with van der Waals surface area (Å²) in [5, 5.41) is 13.1. The second kappa shape index (κ2) is 5.69. The van der Waals surface area contributed by atoms with E-state index in [-0.39, 0.29) is 11.4 Å². The van der Waals surface area contributed by atoms with Gasteiger partial charge in [0.05, 0.1) is 18.6 Å². The summed E-state index contributed by atoms with van der Waals surface area (Å²) in [6, 6.07) is 4.03. The van der Waals surface area contributed by atoms with Gasteiger partial charge in [0, 0.05) is 17.8 Å². The topological polar surface area (TPSA) is 90.7 Å². The van der Waals surface area contributed by atoms with Crippen molar-refractivity contribution < 1.29 is 19.2 Å². The molecule has 0 heterocycles. The number of hydrogen-bond acceptors (Lipinski definition) is 5. The second-order valence-corrected chi connectivity index (χ2v) is 2.99. The molecule has 1 aromatic rings. The van der Waals surface area contributed by atoms with E-state index in [2.05, 4.69) is 10.1 Å². The fraction of sp³-hybridized carbons (Fsp3) is 0.300. The molecule has 0 unspecified atom stereocenters. The van der Waals surface area contributed by atoms with Crippen molar-refractivity contribution in [2.24, 2.45) is 0 Å². The zero-order valence-electron chi connectivity index (χ0n) is 9.43. The summed E-state index contributed by atoms with van der Waals surface area (Å²) in [4.78, 5) is 21.1. The summed E-state index contributed by atoms with van der Waals surface area (Å²) < 4.78 is 9.53. The quantitative estimate of drug-likeness (QED) is 0.643. The number of carbonyl (C=O) groups excluding carboxylic acids is 1. The van der Waals surface area contributed by atoms with Crippen molar-refractivity contribution in [1.29, 1.82) is 0 Å². The molecule has 1 amide bonds. The van der Waals surface area contributed by atoms with Gasteiger partial charge in [-0.3, -0.25) is 15.4 Å². The molecule has 0 aliphatic rings. The third-order valence-electron chi connectivity index (χ3n) is 1.89. The van der Waals surface area contributed by atoms with E-state index < -0.39 is 11.0 Å². The molecule has 0 saturated heterocycles. The van der Waals surface area contributed by atoms with Crippen molar-refractivity contribution in [1.82, 2.24) is 0 Å². The zero-order chi connectivity index (χ0) is 12.8. The van der Waals surface area contributed by atoms with Crippen molar-refractivity contribution in [2.45, 2.75) is 6.92 Å². The molecule has 92 valence electrons. The summed E-state index contributed by atoms with van der Waals surface area (Å²) in [7, 11) is 1.23. The molecule has 0 atom stereocenters. The smallest absolute Gasteiger partial charge is 0.411 e. The predicted molar refractivity (Wildman–Crippen MR) is 60.3 cm³/mol. The number of nitrogens with zero attached hydrogens (tertiary/aromatic N) is 1. The van der Waals surface area contributed by atoms with Crippen LogP contribution in [-0.4, -0.2) is 24.7 Å². The van der Waals surface area contributed by atoms with Gasteiger partial charge in [-0.1, -0.05) is 0 Å². The maximum atomic E-state index is 11.0. The van der Waals surface area contributed by atoms with Crippen molar-refractivity contribution in [3.63, 3.8) is 0 Å². The van der Waals surface area contributed by atoms with Crippen molar-refractivity contribution >= 4 is 17.5 Å². The molecule has 0 aromatic heterocycles. The summed E-state index contributed by atoms with van der Waals surface area (Å²) in [5.74, 6) is 0.103. The van der Waals surface area contributed by atoms with Crippen LogP contribution in [0.5, 0.6) is 5.75 Å². The van der Waals surface area contributed by atoms with E-state index in [0.29, 0.717) is 12.3 Å². The molecule has 0 spiro atoms. The average Bonchev–Trinajstić information content (AvgIpc) is 2.29. The highest BCUT2D eigenvalue weighted by Gasteiger charge is 2.15. The molecule has 0 bridgehead atoms. The lowest BCUT2D eigenvalue weighted by molar-refractivity contribution is -0.385. The average molecular weight is 240 g/mol. The number of amides is 1. The SMILES string of the molecule is CCOc1cc(NC(=O)OC)ccc1[N+](=O)[O-]. The lowest BCUT2D eigenvalue weighted by Crippen LogP contribution is -2.11. The van der Waals surface area contributed by atoms with E-state index in [1.165, 1.54) is 25.3 Å². The number of ether oxygens (including phenoxy) is 2. The lowest BCUT2D eigenvalue weighted by Gasteiger charge is -2.07. The molecule has 0 radical (unpaired) electrons. The van der Waals surface area contributed by atoms with E-state index in [0.717, 1.165) is 0 Å². The van der Waals surface area contributed by atoms with E-state index in [9.17, 15) is 14.9 Å². The fourth-order valence-corrected chi connectivity index (χ4v) is 1.18. The number of methoxy groups -OCH3 is 1. The number of nitro benzene ring substituents is 1. The first-order valence-electron chi connectivity index (χ1n) is 4.84. The van der Waals surface area contributed by atoms with E-state index in [1.54, 1.807) is 6.92 Å². The molecular formula is C10H12N2O5. The van der Waals surface area contributed by atoms with Crippen LogP contribution in [0.4, 0.5) is 16.2 Å². The Morgan fingerprint density at radius 1 is 1.53 bits per heavy atom. The highest BCUT2D eigenvalue weighted by Crippen LogP contribution is 2.30. The Morgan fingerprint density at radius 2 is 2.24 bits per heavy atom. The van der Waals surface area contributed by atoms with Crippen LogP contribution >= 0.6 is 0 Å². The minimum atomic E-state index is -0.652. The summed E-state index contributed by atoms with van der Waals surface area (Å²) in [6.07, 6.45) is -0.652. The van der Waals surface area contributed by atoms with Gasteiger partial charge in [-0.25, -0.2) is 4.79 Å². The highest BCUT2D eigenvalue weighted by molar-refractivity contribution is 5.85. The predicted octanol–water partition coefficient (Wildman–Crippen LogP) is 2.17. The molecule has 0 fully saturated rings. The molecule has 1 aromatic carbocycles. The van der Waals surface area contributed by atoms with Gasteiger partial charge >= 0.3 is 11.8 Å². The Hall–Kier alpha value is -2.31. The van der Waals surface area contributed by atoms with Gasteiger partial charge in [0.1, 0.15) is 0 Å². The van der Waals surface area contributed by atoms with E-state index >= 15 is 0 Å². The van der Waals surface area contributed by atoms with Gasteiger partial charge in [-0.05, 0) is 13.0 Å². The van der Waals surface area contributed by atoms with Gasteiger partial charge in [-0.15, -0.1) is 0 Å². The fourth-order valence-electron chi connectivity index (χ4n) is 1.18. The normalized spacial score (nSPS) is 9.53. The van der Waals surface area contributed by atoms with Gasteiger partial charge in [0.2, 0.25) is 0 Å². The van der Waals surface area contributed by atoms with Crippen LogP contribution in [0, 0.1) is 10.1 Å². The number of nitro groups is 1. The number of nitrogens with one attached hydrogen (secondary N) is 1.